The first-order valence-electron chi connectivity index (χ1n) is 14.4. The number of amides is 1. The minimum absolute atomic E-state index is 0.0271. The van der Waals surface area contributed by atoms with Crippen LogP contribution in [0, 0.1) is 11.2 Å². The number of pyridine rings is 2. The molecule has 2 saturated heterocycles. The second-order valence-corrected chi connectivity index (χ2v) is 12.0. The molecule has 2 fully saturated rings. The highest BCUT2D eigenvalue weighted by Crippen LogP contribution is 2.43. The van der Waals surface area contributed by atoms with Gasteiger partial charge in [0.1, 0.15) is 17.4 Å². The zero-order chi connectivity index (χ0) is 29.0. The summed E-state index contributed by atoms with van der Waals surface area (Å²) in [5, 5.41) is 6.94. The number of ether oxygens (including phenoxy) is 1. The lowest BCUT2D eigenvalue weighted by molar-refractivity contribution is 0.0606. The molecule has 0 atom stereocenters. The fourth-order valence-electron chi connectivity index (χ4n) is 6.69. The van der Waals surface area contributed by atoms with Gasteiger partial charge in [0.25, 0.3) is 5.91 Å². The Balaban J connectivity index is 1.08. The summed E-state index contributed by atoms with van der Waals surface area (Å²) in [4.78, 5) is 22.0. The first kappa shape index (κ1) is 27.0. The van der Waals surface area contributed by atoms with Gasteiger partial charge in [-0.2, -0.15) is 0 Å². The van der Waals surface area contributed by atoms with Crippen LogP contribution in [0.3, 0.4) is 0 Å². The van der Waals surface area contributed by atoms with Gasteiger partial charge in [-0.05, 0) is 61.9 Å². The Morgan fingerprint density at radius 3 is 2.71 bits per heavy atom. The van der Waals surface area contributed by atoms with E-state index in [1.165, 1.54) is 12.1 Å². The SMILES string of the molecule is CCOc1cc(-c2ccc(N3CCC4(CCN(C(=O)c5c(F)cccc5Cl)CC4)C3)nc2)c2c3c(nn2c1)NN(C)C3. The molecule has 7 rings (SSSR count). The molecule has 1 amide bonds. The zero-order valence-electron chi connectivity index (χ0n) is 23.7. The van der Waals surface area contributed by atoms with Crippen molar-refractivity contribution in [2.24, 2.45) is 5.41 Å². The van der Waals surface area contributed by atoms with Gasteiger partial charge in [0, 0.05) is 62.7 Å². The fraction of sp³-hybridized carbons (Fsp3) is 0.387. The van der Waals surface area contributed by atoms with Crippen molar-refractivity contribution in [3.8, 4) is 16.9 Å². The molecule has 3 aromatic heterocycles. The topological polar surface area (TPSA) is 78.2 Å². The number of likely N-dealkylation sites (tertiary alicyclic amines) is 1. The Morgan fingerprint density at radius 2 is 1.98 bits per heavy atom. The molecule has 0 bridgehead atoms. The molecule has 9 nitrogen and oxygen atoms in total. The molecule has 3 aliphatic heterocycles. The molecule has 3 aliphatic rings. The number of piperidine rings is 1. The maximum atomic E-state index is 14.4. The molecule has 218 valence electrons. The number of hydrazine groups is 1. The van der Waals surface area contributed by atoms with Crippen molar-refractivity contribution in [2.75, 3.05) is 50.2 Å². The lowest BCUT2D eigenvalue weighted by Gasteiger charge is -2.39. The second-order valence-electron chi connectivity index (χ2n) is 11.6. The molecular weight excluding hydrogens is 557 g/mol. The number of nitrogens with zero attached hydrogens (tertiary/aromatic N) is 6. The molecule has 1 N–H and O–H groups in total. The monoisotopic (exact) mass is 589 g/mol. The number of hydrogen-bond donors (Lipinski definition) is 1. The third-order valence-electron chi connectivity index (χ3n) is 8.91. The largest absolute Gasteiger partial charge is 0.492 e. The molecule has 4 aromatic rings. The number of hydrogen-bond acceptors (Lipinski definition) is 7. The van der Waals surface area contributed by atoms with Crippen molar-refractivity contribution in [1.29, 1.82) is 0 Å². The Hall–Kier alpha value is -3.89. The van der Waals surface area contributed by atoms with Crippen LogP contribution in [-0.2, 0) is 6.54 Å². The van der Waals surface area contributed by atoms with E-state index in [0.717, 1.165) is 78.5 Å². The summed E-state index contributed by atoms with van der Waals surface area (Å²) < 4.78 is 22.1. The number of nitrogens with one attached hydrogen (secondary N) is 1. The molecule has 42 heavy (non-hydrogen) atoms. The summed E-state index contributed by atoms with van der Waals surface area (Å²) in [5.41, 5.74) is 7.65. The van der Waals surface area contributed by atoms with Gasteiger partial charge < -0.3 is 20.0 Å². The van der Waals surface area contributed by atoms with Crippen LogP contribution in [-0.4, -0.2) is 70.2 Å². The highest BCUT2D eigenvalue weighted by molar-refractivity contribution is 6.33. The number of benzene rings is 1. The standard InChI is InChI=1S/C31H33ClFN7O2/c1-3-42-21-15-22(28-23-18-37(2)35-29(23)36-40(28)17-21)20-7-8-26(34-16-20)39-14-11-31(19-39)9-12-38(13-10-31)30(41)27-24(32)5-4-6-25(27)33/h4-8,15-17H,3,9-14,18-19H2,1-2H3,(H,35,36). The average molecular weight is 590 g/mol. The minimum Gasteiger partial charge on any atom is -0.492 e. The van der Waals surface area contributed by atoms with E-state index in [-0.39, 0.29) is 21.9 Å². The molecule has 1 spiro atoms. The van der Waals surface area contributed by atoms with E-state index < -0.39 is 5.82 Å². The van der Waals surface area contributed by atoms with Crippen LogP contribution in [0.15, 0.2) is 48.8 Å². The summed E-state index contributed by atoms with van der Waals surface area (Å²) in [7, 11) is 2.01. The Morgan fingerprint density at radius 1 is 1.17 bits per heavy atom. The fourth-order valence-corrected chi connectivity index (χ4v) is 6.94. The quantitative estimate of drug-likeness (QED) is 0.330. The van der Waals surface area contributed by atoms with Crippen LogP contribution >= 0.6 is 11.6 Å². The number of fused-ring (bicyclic) bond motifs is 3. The van der Waals surface area contributed by atoms with Crippen LogP contribution in [0.25, 0.3) is 16.6 Å². The Kier molecular flexibility index (Phi) is 6.70. The maximum Gasteiger partial charge on any atom is 0.258 e. The molecular formula is C31H33ClFN7O2. The molecule has 0 radical (unpaired) electrons. The molecule has 6 heterocycles. The number of carbonyl (C=O) groups excluding carboxylic acids is 1. The summed E-state index contributed by atoms with van der Waals surface area (Å²) in [6.45, 7) is 6.30. The Bertz CT molecular complexity index is 1650. The highest BCUT2D eigenvalue weighted by atomic mass is 35.5. The van der Waals surface area contributed by atoms with Crippen LogP contribution in [0.4, 0.5) is 16.0 Å². The van der Waals surface area contributed by atoms with Crippen molar-refractivity contribution in [3.63, 3.8) is 0 Å². The molecule has 11 heteroatoms. The first-order chi connectivity index (χ1) is 20.3. The van der Waals surface area contributed by atoms with Crippen LogP contribution in [0.1, 0.15) is 42.1 Å². The maximum absolute atomic E-state index is 14.4. The lowest BCUT2D eigenvalue weighted by Crippen LogP contribution is -2.44. The van der Waals surface area contributed by atoms with E-state index in [9.17, 15) is 9.18 Å². The Labute approximate surface area is 248 Å². The van der Waals surface area contributed by atoms with E-state index in [1.807, 2.05) is 35.9 Å². The second kappa shape index (κ2) is 10.4. The summed E-state index contributed by atoms with van der Waals surface area (Å²) in [6.07, 6.45) is 6.65. The van der Waals surface area contributed by atoms with Crippen molar-refractivity contribution in [3.05, 3.63) is 70.8 Å². The first-order valence-corrected chi connectivity index (χ1v) is 14.8. The van der Waals surface area contributed by atoms with Crippen molar-refractivity contribution in [2.45, 2.75) is 32.7 Å². The van der Waals surface area contributed by atoms with Gasteiger partial charge in [0.2, 0.25) is 0 Å². The van der Waals surface area contributed by atoms with E-state index in [1.54, 1.807) is 11.0 Å². The highest BCUT2D eigenvalue weighted by Gasteiger charge is 2.42. The van der Waals surface area contributed by atoms with Gasteiger partial charge in [0.15, 0.2) is 5.82 Å². The third-order valence-corrected chi connectivity index (χ3v) is 9.23. The van der Waals surface area contributed by atoms with Gasteiger partial charge in [-0.15, -0.1) is 5.10 Å². The predicted molar refractivity (Wildman–Crippen MR) is 160 cm³/mol. The molecule has 0 unspecified atom stereocenters. The third kappa shape index (κ3) is 4.62. The zero-order valence-corrected chi connectivity index (χ0v) is 24.5. The normalized spacial score (nSPS) is 18.1. The number of carbonyl (C=O) groups is 1. The molecule has 0 aliphatic carbocycles. The van der Waals surface area contributed by atoms with Crippen molar-refractivity contribution >= 4 is 34.7 Å². The number of aromatic nitrogens is 3. The summed E-state index contributed by atoms with van der Waals surface area (Å²) in [6, 6.07) is 10.7. The van der Waals surface area contributed by atoms with Crippen LogP contribution in [0.2, 0.25) is 5.02 Å². The molecule has 0 saturated carbocycles. The number of halogens is 2. The number of anilines is 2. The predicted octanol–water partition coefficient (Wildman–Crippen LogP) is 5.49. The minimum atomic E-state index is -0.568. The smallest absolute Gasteiger partial charge is 0.258 e. The van der Waals surface area contributed by atoms with Gasteiger partial charge in [-0.25, -0.2) is 18.9 Å². The van der Waals surface area contributed by atoms with Gasteiger partial charge in [-0.3, -0.25) is 4.79 Å². The average Bonchev–Trinajstić information content (AvgIpc) is 3.65. The van der Waals surface area contributed by atoms with Gasteiger partial charge in [-0.1, -0.05) is 17.7 Å². The lowest BCUT2D eigenvalue weighted by atomic mass is 9.77. The van der Waals surface area contributed by atoms with Crippen LogP contribution < -0.4 is 15.1 Å². The molecule has 1 aromatic carbocycles. The van der Waals surface area contributed by atoms with E-state index in [2.05, 4.69) is 28.5 Å². The van der Waals surface area contributed by atoms with E-state index in [4.69, 9.17) is 26.4 Å². The van der Waals surface area contributed by atoms with Gasteiger partial charge in [0.05, 0.1) is 28.9 Å². The van der Waals surface area contributed by atoms with Crippen molar-refractivity contribution in [1.82, 2.24) is 24.5 Å². The van der Waals surface area contributed by atoms with E-state index >= 15 is 0 Å². The van der Waals surface area contributed by atoms with Gasteiger partial charge >= 0.3 is 0 Å². The number of rotatable bonds is 5. The van der Waals surface area contributed by atoms with Crippen molar-refractivity contribution < 1.29 is 13.9 Å². The summed E-state index contributed by atoms with van der Waals surface area (Å²) in [5.74, 6) is 1.69. The summed E-state index contributed by atoms with van der Waals surface area (Å²) >= 11 is 6.16. The van der Waals surface area contributed by atoms with E-state index in [0.29, 0.717) is 19.7 Å². The van der Waals surface area contributed by atoms with Crippen LogP contribution in [0.5, 0.6) is 5.75 Å².